The number of aromatic nitrogens is 1. The second-order valence-corrected chi connectivity index (χ2v) is 4.55. The Morgan fingerprint density at radius 3 is 2.82 bits per heavy atom. The number of rotatable bonds is 2. The first-order chi connectivity index (χ1) is 8.09. The van der Waals surface area contributed by atoms with Crippen LogP contribution < -0.4 is 5.32 Å². The standard InChI is InChI=1S/C13H13ClN2O/c1-8(2)13(17)16-11-6-5-10(14)9-4-3-7-15-12(9)11/h3-8H,1-2H3,(H,16,17). The molecule has 1 amide bonds. The zero-order chi connectivity index (χ0) is 12.4. The number of amides is 1. The Morgan fingerprint density at radius 2 is 2.12 bits per heavy atom. The van der Waals surface area contributed by atoms with Gasteiger partial charge in [0.05, 0.1) is 16.2 Å². The van der Waals surface area contributed by atoms with Gasteiger partial charge in [-0.15, -0.1) is 0 Å². The molecule has 0 radical (unpaired) electrons. The molecule has 4 heteroatoms. The van der Waals surface area contributed by atoms with Crippen LogP contribution in [0.2, 0.25) is 5.02 Å². The van der Waals surface area contributed by atoms with Gasteiger partial charge in [-0.2, -0.15) is 0 Å². The summed E-state index contributed by atoms with van der Waals surface area (Å²) in [6, 6.07) is 7.25. The van der Waals surface area contributed by atoms with E-state index < -0.39 is 0 Å². The molecular weight excluding hydrogens is 236 g/mol. The Hall–Kier alpha value is -1.61. The second-order valence-electron chi connectivity index (χ2n) is 4.14. The number of hydrogen-bond acceptors (Lipinski definition) is 2. The van der Waals surface area contributed by atoms with Gasteiger partial charge >= 0.3 is 0 Å². The van der Waals surface area contributed by atoms with Crippen LogP contribution in [0, 0.1) is 5.92 Å². The van der Waals surface area contributed by atoms with E-state index in [0.717, 1.165) is 5.39 Å². The van der Waals surface area contributed by atoms with E-state index >= 15 is 0 Å². The molecule has 0 fully saturated rings. The molecule has 0 atom stereocenters. The minimum atomic E-state index is -0.0653. The van der Waals surface area contributed by atoms with Crippen LogP contribution in [-0.2, 0) is 4.79 Å². The Labute approximate surface area is 105 Å². The average Bonchev–Trinajstić information content (AvgIpc) is 2.33. The third-order valence-electron chi connectivity index (χ3n) is 2.50. The number of anilines is 1. The highest BCUT2D eigenvalue weighted by atomic mass is 35.5. The molecule has 1 heterocycles. The van der Waals surface area contributed by atoms with Crippen LogP contribution in [0.3, 0.4) is 0 Å². The quantitative estimate of drug-likeness (QED) is 0.884. The highest BCUT2D eigenvalue weighted by Gasteiger charge is 2.11. The molecule has 0 aliphatic carbocycles. The van der Waals surface area contributed by atoms with E-state index in [-0.39, 0.29) is 11.8 Å². The summed E-state index contributed by atoms with van der Waals surface area (Å²) in [7, 11) is 0. The molecule has 0 bridgehead atoms. The lowest BCUT2D eigenvalue weighted by molar-refractivity contribution is -0.118. The van der Waals surface area contributed by atoms with Crippen molar-refractivity contribution in [1.29, 1.82) is 0 Å². The van der Waals surface area contributed by atoms with E-state index in [2.05, 4.69) is 10.3 Å². The molecule has 2 aromatic rings. The summed E-state index contributed by atoms with van der Waals surface area (Å²) in [6.45, 7) is 3.70. The van der Waals surface area contributed by atoms with Crippen LogP contribution in [0.15, 0.2) is 30.5 Å². The second kappa shape index (κ2) is 4.72. The summed E-state index contributed by atoms with van der Waals surface area (Å²) in [5, 5.41) is 4.33. The minimum Gasteiger partial charge on any atom is -0.324 e. The third kappa shape index (κ3) is 2.39. The number of carbonyl (C=O) groups excluding carboxylic acids is 1. The van der Waals surface area contributed by atoms with Gasteiger partial charge in [-0.05, 0) is 24.3 Å². The van der Waals surface area contributed by atoms with E-state index in [0.29, 0.717) is 16.2 Å². The summed E-state index contributed by atoms with van der Waals surface area (Å²) < 4.78 is 0. The maximum absolute atomic E-state index is 11.7. The molecule has 1 N–H and O–H groups in total. The zero-order valence-electron chi connectivity index (χ0n) is 9.70. The fraction of sp³-hybridized carbons (Fsp3) is 0.231. The van der Waals surface area contributed by atoms with Crippen LogP contribution in [-0.4, -0.2) is 10.9 Å². The van der Waals surface area contributed by atoms with Gasteiger partial charge in [0, 0.05) is 17.5 Å². The van der Waals surface area contributed by atoms with Crippen LogP contribution in [0.1, 0.15) is 13.8 Å². The molecule has 2 rings (SSSR count). The van der Waals surface area contributed by atoms with Crippen molar-refractivity contribution >= 4 is 34.1 Å². The Bertz CT molecular complexity index is 566. The van der Waals surface area contributed by atoms with Gasteiger partial charge in [-0.3, -0.25) is 9.78 Å². The van der Waals surface area contributed by atoms with Crippen molar-refractivity contribution in [1.82, 2.24) is 4.98 Å². The third-order valence-corrected chi connectivity index (χ3v) is 2.83. The Kier molecular flexibility index (Phi) is 3.29. The maximum Gasteiger partial charge on any atom is 0.226 e. The zero-order valence-corrected chi connectivity index (χ0v) is 10.5. The lowest BCUT2D eigenvalue weighted by Crippen LogP contribution is -2.18. The number of pyridine rings is 1. The van der Waals surface area contributed by atoms with E-state index in [1.807, 2.05) is 26.0 Å². The fourth-order valence-corrected chi connectivity index (χ4v) is 1.73. The predicted octanol–water partition coefficient (Wildman–Crippen LogP) is 3.48. The number of nitrogens with one attached hydrogen (secondary N) is 1. The first kappa shape index (κ1) is 11.9. The molecule has 0 unspecified atom stereocenters. The Balaban J connectivity index is 2.48. The maximum atomic E-state index is 11.7. The van der Waals surface area contributed by atoms with E-state index in [1.54, 1.807) is 18.3 Å². The number of nitrogens with zero attached hydrogens (tertiary/aromatic N) is 1. The van der Waals surface area contributed by atoms with Crippen molar-refractivity contribution in [2.45, 2.75) is 13.8 Å². The normalized spacial score (nSPS) is 10.8. The van der Waals surface area contributed by atoms with E-state index in [4.69, 9.17) is 11.6 Å². The molecule has 0 spiro atoms. The summed E-state index contributed by atoms with van der Waals surface area (Å²) in [5.74, 6) is -0.0938. The molecular formula is C13H13ClN2O. The Morgan fingerprint density at radius 1 is 1.35 bits per heavy atom. The van der Waals surface area contributed by atoms with Crippen molar-refractivity contribution in [3.8, 4) is 0 Å². The highest BCUT2D eigenvalue weighted by Crippen LogP contribution is 2.28. The summed E-state index contributed by atoms with van der Waals surface area (Å²) in [6.07, 6.45) is 1.68. The van der Waals surface area contributed by atoms with Gasteiger partial charge in [0.1, 0.15) is 0 Å². The number of hydrogen-bond donors (Lipinski definition) is 1. The number of fused-ring (bicyclic) bond motifs is 1. The van der Waals surface area contributed by atoms with E-state index in [1.165, 1.54) is 0 Å². The molecule has 0 aliphatic rings. The molecule has 3 nitrogen and oxygen atoms in total. The number of carbonyl (C=O) groups is 1. The number of benzene rings is 1. The lowest BCUT2D eigenvalue weighted by Gasteiger charge is -2.10. The summed E-state index contributed by atoms with van der Waals surface area (Å²) in [5.41, 5.74) is 1.41. The van der Waals surface area contributed by atoms with Gasteiger partial charge in [-0.1, -0.05) is 25.4 Å². The lowest BCUT2D eigenvalue weighted by atomic mass is 10.1. The largest absolute Gasteiger partial charge is 0.324 e. The molecule has 0 saturated heterocycles. The first-order valence-corrected chi connectivity index (χ1v) is 5.81. The number of halogens is 1. The van der Waals surface area contributed by atoms with Crippen LogP contribution in [0.5, 0.6) is 0 Å². The average molecular weight is 249 g/mol. The van der Waals surface area contributed by atoms with Crippen molar-refractivity contribution < 1.29 is 4.79 Å². The molecule has 17 heavy (non-hydrogen) atoms. The summed E-state index contributed by atoms with van der Waals surface area (Å²) in [4.78, 5) is 15.9. The molecule has 1 aromatic heterocycles. The SMILES string of the molecule is CC(C)C(=O)Nc1ccc(Cl)c2cccnc12. The van der Waals surface area contributed by atoms with Gasteiger partial charge in [0.2, 0.25) is 5.91 Å². The summed E-state index contributed by atoms with van der Waals surface area (Å²) >= 11 is 6.08. The van der Waals surface area contributed by atoms with Gasteiger partial charge < -0.3 is 5.32 Å². The highest BCUT2D eigenvalue weighted by molar-refractivity contribution is 6.35. The van der Waals surface area contributed by atoms with Crippen molar-refractivity contribution in [2.75, 3.05) is 5.32 Å². The fourth-order valence-electron chi connectivity index (χ4n) is 1.52. The van der Waals surface area contributed by atoms with Crippen LogP contribution in [0.25, 0.3) is 10.9 Å². The van der Waals surface area contributed by atoms with Crippen molar-refractivity contribution in [2.24, 2.45) is 5.92 Å². The first-order valence-electron chi connectivity index (χ1n) is 5.43. The minimum absolute atomic E-state index is 0.0284. The molecule has 88 valence electrons. The van der Waals surface area contributed by atoms with Gasteiger partial charge in [0.15, 0.2) is 0 Å². The van der Waals surface area contributed by atoms with Crippen LogP contribution in [0.4, 0.5) is 5.69 Å². The van der Waals surface area contributed by atoms with E-state index in [9.17, 15) is 4.79 Å². The van der Waals surface area contributed by atoms with Crippen molar-refractivity contribution in [3.63, 3.8) is 0 Å². The van der Waals surface area contributed by atoms with Crippen molar-refractivity contribution in [3.05, 3.63) is 35.5 Å². The topological polar surface area (TPSA) is 42.0 Å². The molecule has 0 saturated carbocycles. The molecule has 1 aromatic carbocycles. The molecule has 0 aliphatic heterocycles. The van der Waals surface area contributed by atoms with Gasteiger partial charge in [-0.25, -0.2) is 0 Å². The van der Waals surface area contributed by atoms with Gasteiger partial charge in [0.25, 0.3) is 0 Å². The smallest absolute Gasteiger partial charge is 0.226 e. The monoisotopic (exact) mass is 248 g/mol. The predicted molar refractivity (Wildman–Crippen MR) is 70.2 cm³/mol. The van der Waals surface area contributed by atoms with Crippen LogP contribution >= 0.6 is 11.6 Å².